The Kier molecular flexibility index (Phi) is 38.5. The first-order chi connectivity index (χ1) is 66.3. The number of carbonyl (C=O) groups excluding carboxylic acids is 4. The molecule has 138 heavy (non-hydrogen) atoms. The number of halogens is 9. The Hall–Kier alpha value is -9.51. The van der Waals surface area contributed by atoms with Gasteiger partial charge in [-0.25, -0.2) is 39.9 Å². The zero-order valence-electron chi connectivity index (χ0n) is 79.9. The lowest BCUT2D eigenvalue weighted by Gasteiger charge is -2.38. The molecule has 0 spiro atoms. The number of hydrogen-bond acceptors (Lipinski definition) is 26. The molecule has 8 fully saturated rings. The van der Waals surface area contributed by atoms with E-state index in [-0.39, 0.29) is 71.2 Å². The van der Waals surface area contributed by atoms with Gasteiger partial charge in [0.2, 0.25) is 0 Å². The molecule has 0 saturated carbocycles. The summed E-state index contributed by atoms with van der Waals surface area (Å²) in [5, 5.41) is 19.6. The number of benzene rings is 4. The van der Waals surface area contributed by atoms with E-state index in [1.54, 1.807) is 75.1 Å². The third-order valence-corrected chi connectivity index (χ3v) is 28.3. The number of methoxy groups -OCH3 is 3. The molecule has 8 saturated heterocycles. The number of aromatic nitrogens is 8. The summed E-state index contributed by atoms with van der Waals surface area (Å²) in [4.78, 5) is 96.5. The minimum Gasteiger partial charge on any atom is -0.406 e. The number of amides is 4. The summed E-state index contributed by atoms with van der Waals surface area (Å²) in [7, 11) is 6.79. The molecule has 5 N–H and O–H groups in total. The maximum atomic E-state index is 13.3. The second-order valence-electron chi connectivity index (χ2n) is 36.2. The molecular formula is C99H127Cl3F6N18O12. The van der Waals surface area contributed by atoms with Crippen LogP contribution in [-0.2, 0) is 52.2 Å². The van der Waals surface area contributed by atoms with Crippen LogP contribution in [0.5, 0.6) is 5.75 Å². The Morgan fingerprint density at radius 2 is 0.884 bits per heavy atom. The molecule has 12 heterocycles. The molecule has 39 heteroatoms. The molecule has 30 nitrogen and oxygen atoms in total. The van der Waals surface area contributed by atoms with Gasteiger partial charge in [0.15, 0.2) is 0 Å². The molecule has 16 rings (SSSR count). The zero-order valence-corrected chi connectivity index (χ0v) is 82.1. The maximum Gasteiger partial charge on any atom is 0.573 e. The third-order valence-electron chi connectivity index (χ3n) is 27.3. The average molecular weight is 1980 g/mol. The van der Waals surface area contributed by atoms with Crippen LogP contribution in [0.2, 0.25) is 15.1 Å². The number of alkyl halides is 6. The Morgan fingerprint density at radius 1 is 0.457 bits per heavy atom. The highest BCUT2D eigenvalue weighted by atomic mass is 35.5. The Bertz CT molecular complexity index is 5360. The van der Waals surface area contributed by atoms with E-state index in [0.717, 1.165) is 161 Å². The van der Waals surface area contributed by atoms with Gasteiger partial charge in [0.25, 0.3) is 23.6 Å². The molecule has 0 aliphatic carbocycles. The number of rotatable bonds is 25. The van der Waals surface area contributed by atoms with E-state index in [4.69, 9.17) is 68.0 Å². The van der Waals surface area contributed by atoms with Crippen LogP contribution < -0.4 is 36.2 Å². The summed E-state index contributed by atoms with van der Waals surface area (Å²) in [5.41, 5.74) is 9.03. The summed E-state index contributed by atoms with van der Waals surface area (Å²) < 4.78 is 120. The van der Waals surface area contributed by atoms with Crippen LogP contribution in [0, 0.1) is 40.5 Å². The van der Waals surface area contributed by atoms with Crippen molar-refractivity contribution < 1.29 is 83.4 Å². The fourth-order valence-corrected chi connectivity index (χ4v) is 19.5. The minimum atomic E-state index is -4.78. The van der Waals surface area contributed by atoms with E-state index in [2.05, 4.69) is 85.0 Å². The SMILES string of the molecule is CCC1COCCC1NC1CCN(C(=O)c2ncnc(Nc3cccc(OC(F)(F)F)c3)c2C)CC1.COC1COCCC1NC1CCN(C(=O)c2ncnc(Cc3cc(Cl)ccc3C)c2C)CC1.COC1COCCC1NC1CCN(C(=O)c2ncnc(Cc3ccc(Cl)c(Cl)c3)c2C)CC1.COC1COCCC1NC1CCN(C(=O)c2ncnc(N(C)c3cccc(C(F)(F)F)c3)c2C)CC1. The Labute approximate surface area is 817 Å². The van der Waals surface area contributed by atoms with Gasteiger partial charge in [-0.05, 0) is 195 Å². The number of aryl methyl sites for hydroxylation is 1. The Morgan fingerprint density at radius 3 is 1.34 bits per heavy atom. The molecule has 8 unspecified atom stereocenters. The molecule has 8 aliphatic heterocycles. The number of nitrogens with zero attached hydrogens (tertiary/aromatic N) is 13. The molecule has 748 valence electrons. The number of hydrogen-bond donors (Lipinski definition) is 5. The second kappa shape index (κ2) is 50.2. The van der Waals surface area contributed by atoms with Crippen molar-refractivity contribution in [2.45, 2.75) is 217 Å². The van der Waals surface area contributed by atoms with Crippen molar-refractivity contribution in [3.63, 3.8) is 0 Å². The van der Waals surface area contributed by atoms with Gasteiger partial charge in [-0.1, -0.05) is 66.0 Å². The van der Waals surface area contributed by atoms with Gasteiger partial charge in [-0.15, -0.1) is 13.2 Å². The first-order valence-corrected chi connectivity index (χ1v) is 48.5. The highest BCUT2D eigenvalue weighted by molar-refractivity contribution is 6.42. The number of nitrogens with one attached hydrogen (secondary N) is 5. The molecule has 0 bridgehead atoms. The lowest BCUT2D eigenvalue weighted by atomic mass is 9.91. The fourth-order valence-electron chi connectivity index (χ4n) is 19.0. The standard InChI is InChI=1S/C25H33ClN4O3.2C25H32F3N5O3.C24H30Cl2N4O3/c1-16-4-5-19(26)12-18(16)13-22-17(2)24(28-15-27-22)25(31)30-9-6-20(7-10-30)29-21-8-11-33-14-23(21)32-3;1-16-22(29-15-30-23(16)32(2)19-6-4-5-17(13-19)25(26,27)28)24(34)33-10-7-18(8-11-33)31-20-9-12-36-14-21(20)35-3;1-3-17-14-35-12-9-21(17)31-18-7-10-33(11-8-18)24(34)22-16(2)23(30-15-29-22)32-19-5-4-6-20(13-19)36-25(26,27)28;1-15-21(12-16-3-4-18(25)19(26)11-16)27-14-28-23(15)24(31)30-8-5-17(6-9-30)29-20-7-10-33-13-22(20)32-2/h4-5,12,15,20-21,23,29H,6-11,13-14H2,1-3H3;4-6,13,15,18,20-21,31H,7-12,14H2,1-3H3;4-6,13,15,17-18,21,31H,3,7-12,14H2,1-2H3,(H,29,30,32);3-4,11,14,17,20,22,29H,5-10,12-13H2,1-2H3. The van der Waals surface area contributed by atoms with Gasteiger partial charge in [0.05, 0.1) is 71.7 Å². The zero-order chi connectivity index (χ0) is 98.3. The van der Waals surface area contributed by atoms with Crippen molar-refractivity contribution >= 4 is 81.4 Å². The van der Waals surface area contributed by atoms with Crippen LogP contribution in [-0.4, -0.2) is 290 Å². The van der Waals surface area contributed by atoms with Gasteiger partial charge in [-0.2, -0.15) is 13.2 Å². The minimum absolute atomic E-state index is 0.0155. The summed E-state index contributed by atoms with van der Waals surface area (Å²) in [5.74, 6) is 0.471. The quantitative estimate of drug-likeness (QED) is 0.0332. The second-order valence-corrected chi connectivity index (χ2v) is 37.5. The molecule has 8 atom stereocenters. The average Bonchev–Trinajstić information content (AvgIpc) is 0.802. The number of likely N-dealkylation sites (tertiary alicyclic amines) is 4. The van der Waals surface area contributed by atoms with Gasteiger partial charge in [-0.3, -0.25) is 19.2 Å². The van der Waals surface area contributed by atoms with E-state index < -0.39 is 18.1 Å². The number of ether oxygens (including phenoxy) is 8. The monoisotopic (exact) mass is 1980 g/mol. The van der Waals surface area contributed by atoms with Gasteiger partial charge < -0.3 is 89.0 Å². The van der Waals surface area contributed by atoms with Crippen LogP contribution in [0.25, 0.3) is 0 Å². The molecule has 4 amide bonds. The number of anilines is 4. The van der Waals surface area contributed by atoms with Crippen molar-refractivity contribution in [2.24, 2.45) is 5.92 Å². The smallest absolute Gasteiger partial charge is 0.406 e. The maximum absolute atomic E-state index is 13.3. The van der Waals surface area contributed by atoms with Gasteiger partial charge in [0, 0.05) is 213 Å². The van der Waals surface area contributed by atoms with E-state index in [1.165, 1.54) is 49.6 Å². The van der Waals surface area contributed by atoms with E-state index >= 15 is 0 Å². The molecular weight excluding hydrogens is 1850 g/mol. The van der Waals surface area contributed by atoms with Crippen LogP contribution in [0.3, 0.4) is 0 Å². The van der Waals surface area contributed by atoms with Crippen LogP contribution in [0.4, 0.5) is 49.4 Å². The number of carbonyl (C=O) groups is 4. The predicted molar refractivity (Wildman–Crippen MR) is 513 cm³/mol. The van der Waals surface area contributed by atoms with Crippen molar-refractivity contribution in [2.75, 3.05) is 144 Å². The third kappa shape index (κ3) is 28.7. The van der Waals surface area contributed by atoms with Crippen LogP contribution in [0.15, 0.2) is 110 Å². The van der Waals surface area contributed by atoms with E-state index in [0.29, 0.717) is 194 Å². The van der Waals surface area contributed by atoms with Crippen molar-refractivity contribution in [3.8, 4) is 5.75 Å². The lowest BCUT2D eigenvalue weighted by molar-refractivity contribution is -0.274. The van der Waals surface area contributed by atoms with Crippen molar-refractivity contribution in [1.29, 1.82) is 0 Å². The molecule has 0 radical (unpaired) electrons. The topological polar surface area (TPSA) is 322 Å². The van der Waals surface area contributed by atoms with Crippen molar-refractivity contribution in [3.05, 3.63) is 204 Å². The van der Waals surface area contributed by atoms with Crippen LogP contribution in [0.1, 0.15) is 188 Å². The fraction of sp³-hybridized carbons (Fsp3) is 0.556. The molecule has 8 aliphatic rings. The first-order valence-electron chi connectivity index (χ1n) is 47.4. The van der Waals surface area contributed by atoms with Gasteiger partial charge >= 0.3 is 12.5 Å². The normalized spacial score (nSPS) is 21.6. The first kappa shape index (κ1) is 106. The van der Waals surface area contributed by atoms with E-state index in [9.17, 15) is 45.5 Å². The van der Waals surface area contributed by atoms with Crippen molar-refractivity contribution in [1.82, 2.24) is 80.7 Å². The molecule has 4 aromatic carbocycles. The van der Waals surface area contributed by atoms with Gasteiger partial charge in [0.1, 0.15) is 65.5 Å². The van der Waals surface area contributed by atoms with Crippen LogP contribution >= 0.6 is 34.8 Å². The highest BCUT2D eigenvalue weighted by Crippen LogP contribution is 2.37. The predicted octanol–water partition coefficient (Wildman–Crippen LogP) is 15.0. The molecule has 8 aromatic rings. The summed E-state index contributed by atoms with van der Waals surface area (Å²) in [6, 6.07) is 24.5. The highest BCUT2D eigenvalue weighted by Gasteiger charge is 2.39. The Balaban J connectivity index is 0.000000155. The largest absolute Gasteiger partial charge is 0.573 e. The lowest BCUT2D eigenvalue weighted by Crippen LogP contribution is -2.54. The summed E-state index contributed by atoms with van der Waals surface area (Å²) in [6.45, 7) is 22.4. The summed E-state index contributed by atoms with van der Waals surface area (Å²) >= 11 is 18.4. The summed E-state index contributed by atoms with van der Waals surface area (Å²) in [6.07, 6.45) is 9.52. The van der Waals surface area contributed by atoms with E-state index in [1.807, 2.05) is 54.0 Å². The molecule has 4 aromatic heterocycles. The number of piperidine rings is 4.